The molecule has 1 heterocycles. The lowest BCUT2D eigenvalue weighted by Gasteiger charge is -2.19. The molecule has 4 aromatic rings. The first-order valence-corrected chi connectivity index (χ1v) is 12.4. The molecule has 0 atom stereocenters. The van der Waals surface area contributed by atoms with Crippen LogP contribution in [0.3, 0.4) is 0 Å². The minimum atomic E-state index is 0.419. The highest BCUT2D eigenvalue weighted by Crippen LogP contribution is 2.31. The van der Waals surface area contributed by atoms with E-state index < -0.39 is 0 Å². The number of ether oxygens (including phenoxy) is 3. The molecule has 5 heteroatoms. The summed E-state index contributed by atoms with van der Waals surface area (Å²) in [5, 5.41) is 0. The lowest BCUT2D eigenvalue weighted by Crippen LogP contribution is -2.11. The molecular formula is C29H28INO3. The first kappa shape index (κ1) is 24.4. The zero-order valence-electron chi connectivity index (χ0n) is 19.2. The number of nitrogens with zero attached hydrogens (tertiary/aromatic N) is 1. The van der Waals surface area contributed by atoms with Crippen molar-refractivity contribution in [2.75, 3.05) is 0 Å². The van der Waals surface area contributed by atoms with Gasteiger partial charge < -0.3 is 14.2 Å². The number of hydrogen-bond acceptors (Lipinski definition) is 4. The van der Waals surface area contributed by atoms with Gasteiger partial charge in [-0.2, -0.15) is 0 Å². The SMILES string of the molecule is Cc1nc(I)c(COCc2ccccc2)c(COCc2ccccc2)c1OCc1ccccc1. The van der Waals surface area contributed by atoms with Crippen molar-refractivity contribution in [3.05, 3.63) is 128 Å². The van der Waals surface area contributed by atoms with Gasteiger partial charge in [-0.1, -0.05) is 91.0 Å². The van der Waals surface area contributed by atoms with Crippen LogP contribution < -0.4 is 4.74 Å². The summed E-state index contributed by atoms with van der Waals surface area (Å²) in [6, 6.07) is 30.5. The van der Waals surface area contributed by atoms with E-state index >= 15 is 0 Å². The second-order valence-electron chi connectivity index (χ2n) is 8.01. The molecule has 174 valence electrons. The molecule has 0 radical (unpaired) electrons. The van der Waals surface area contributed by atoms with Crippen molar-refractivity contribution < 1.29 is 14.2 Å². The van der Waals surface area contributed by atoms with Crippen LogP contribution in [0.2, 0.25) is 0 Å². The molecule has 0 saturated carbocycles. The Hall–Kier alpha value is -2.74. The van der Waals surface area contributed by atoms with Gasteiger partial charge in [0.1, 0.15) is 16.1 Å². The van der Waals surface area contributed by atoms with Gasteiger partial charge in [0.25, 0.3) is 0 Å². The van der Waals surface area contributed by atoms with Gasteiger partial charge in [0, 0.05) is 11.1 Å². The predicted molar refractivity (Wildman–Crippen MR) is 142 cm³/mol. The van der Waals surface area contributed by atoms with E-state index in [0.29, 0.717) is 33.0 Å². The summed E-state index contributed by atoms with van der Waals surface area (Å²) in [6.45, 7) is 4.38. The van der Waals surface area contributed by atoms with Gasteiger partial charge in [-0.25, -0.2) is 4.98 Å². The minimum Gasteiger partial charge on any atom is -0.487 e. The zero-order chi connectivity index (χ0) is 23.6. The van der Waals surface area contributed by atoms with Crippen molar-refractivity contribution in [1.29, 1.82) is 0 Å². The standard InChI is InChI=1S/C29H28INO3/c1-22-28(34-19-25-15-9-4-10-16-25)26(20-32-17-23-11-5-2-6-12-23)27(29(30)31-22)21-33-18-24-13-7-3-8-14-24/h2-16H,17-21H2,1H3. The van der Waals surface area contributed by atoms with Gasteiger partial charge in [0.15, 0.2) is 0 Å². The number of halogens is 1. The molecule has 4 nitrogen and oxygen atoms in total. The number of pyridine rings is 1. The number of hydrogen-bond donors (Lipinski definition) is 0. The molecule has 0 aliphatic carbocycles. The fraction of sp³-hybridized carbons (Fsp3) is 0.207. The Bertz CT molecular complexity index is 1170. The number of rotatable bonds is 11. The van der Waals surface area contributed by atoms with E-state index in [4.69, 9.17) is 19.2 Å². The van der Waals surface area contributed by atoms with Crippen LogP contribution in [0.5, 0.6) is 5.75 Å². The van der Waals surface area contributed by atoms with Gasteiger partial charge in [-0.15, -0.1) is 0 Å². The molecule has 0 spiro atoms. The third kappa shape index (κ3) is 6.88. The summed E-state index contributed by atoms with van der Waals surface area (Å²) >= 11 is 2.28. The van der Waals surface area contributed by atoms with E-state index in [2.05, 4.69) is 59.0 Å². The fourth-order valence-corrected chi connectivity index (χ4v) is 4.50. The Kier molecular flexibility index (Phi) is 9.07. The topological polar surface area (TPSA) is 40.6 Å². The first-order valence-electron chi connectivity index (χ1n) is 11.3. The molecule has 4 rings (SSSR count). The lowest BCUT2D eigenvalue weighted by molar-refractivity contribution is 0.0904. The van der Waals surface area contributed by atoms with Crippen LogP contribution in [0.4, 0.5) is 0 Å². The van der Waals surface area contributed by atoms with E-state index in [9.17, 15) is 0 Å². The molecule has 0 unspecified atom stereocenters. The summed E-state index contributed by atoms with van der Waals surface area (Å²) in [5.74, 6) is 0.774. The Morgan fingerprint density at radius 2 is 1.03 bits per heavy atom. The van der Waals surface area contributed by atoms with E-state index in [-0.39, 0.29) is 0 Å². The molecule has 0 amide bonds. The van der Waals surface area contributed by atoms with Crippen molar-refractivity contribution in [3.8, 4) is 5.75 Å². The molecule has 3 aromatic carbocycles. The average Bonchev–Trinajstić information content (AvgIpc) is 2.87. The monoisotopic (exact) mass is 565 g/mol. The van der Waals surface area contributed by atoms with Crippen molar-refractivity contribution in [2.24, 2.45) is 0 Å². The predicted octanol–water partition coefficient (Wildman–Crippen LogP) is 7.01. The highest BCUT2D eigenvalue weighted by Gasteiger charge is 2.19. The summed E-state index contributed by atoms with van der Waals surface area (Å²) in [6.07, 6.45) is 0. The largest absolute Gasteiger partial charge is 0.487 e. The highest BCUT2D eigenvalue weighted by molar-refractivity contribution is 14.1. The van der Waals surface area contributed by atoms with Crippen LogP contribution in [-0.2, 0) is 42.5 Å². The van der Waals surface area contributed by atoms with Crippen LogP contribution in [0.15, 0.2) is 91.0 Å². The smallest absolute Gasteiger partial charge is 0.146 e. The second-order valence-corrected chi connectivity index (χ2v) is 9.03. The van der Waals surface area contributed by atoms with Crippen LogP contribution in [0.1, 0.15) is 33.5 Å². The zero-order valence-corrected chi connectivity index (χ0v) is 21.4. The molecule has 0 aliphatic heterocycles. The van der Waals surface area contributed by atoms with E-state index in [1.165, 1.54) is 0 Å². The maximum Gasteiger partial charge on any atom is 0.146 e. The Labute approximate surface area is 215 Å². The Morgan fingerprint density at radius 3 is 1.53 bits per heavy atom. The summed E-state index contributed by atoms with van der Waals surface area (Å²) < 4.78 is 19.5. The van der Waals surface area contributed by atoms with E-state index in [1.807, 2.05) is 61.5 Å². The third-order valence-corrected chi connectivity index (χ3v) is 6.32. The molecule has 0 bridgehead atoms. The quantitative estimate of drug-likeness (QED) is 0.145. The normalized spacial score (nSPS) is 10.9. The van der Waals surface area contributed by atoms with E-state index in [1.54, 1.807) is 0 Å². The fourth-order valence-electron chi connectivity index (χ4n) is 3.66. The van der Waals surface area contributed by atoms with Crippen molar-refractivity contribution >= 4 is 22.6 Å². The molecule has 0 saturated heterocycles. The van der Waals surface area contributed by atoms with Crippen molar-refractivity contribution in [1.82, 2.24) is 4.98 Å². The maximum atomic E-state index is 6.32. The van der Waals surface area contributed by atoms with Crippen LogP contribution in [0, 0.1) is 10.6 Å². The van der Waals surface area contributed by atoms with Crippen LogP contribution in [-0.4, -0.2) is 4.98 Å². The molecular weight excluding hydrogens is 537 g/mol. The van der Waals surface area contributed by atoms with E-state index in [0.717, 1.165) is 43.0 Å². The Balaban J connectivity index is 1.55. The van der Waals surface area contributed by atoms with Gasteiger partial charge in [-0.05, 0) is 46.2 Å². The molecule has 0 fully saturated rings. The summed E-state index contributed by atoms with van der Waals surface area (Å²) in [7, 11) is 0. The van der Waals surface area contributed by atoms with Crippen molar-refractivity contribution in [2.45, 2.75) is 40.0 Å². The molecule has 34 heavy (non-hydrogen) atoms. The molecule has 1 aromatic heterocycles. The maximum absolute atomic E-state index is 6.32. The first-order chi connectivity index (χ1) is 16.7. The van der Waals surface area contributed by atoms with Gasteiger partial charge in [-0.3, -0.25) is 0 Å². The molecule has 0 aliphatic rings. The lowest BCUT2D eigenvalue weighted by atomic mass is 10.1. The number of benzene rings is 3. The van der Waals surface area contributed by atoms with Gasteiger partial charge in [0.05, 0.1) is 32.1 Å². The minimum absolute atomic E-state index is 0.419. The second kappa shape index (κ2) is 12.6. The number of aryl methyl sites for hydroxylation is 1. The summed E-state index contributed by atoms with van der Waals surface area (Å²) in [5.41, 5.74) is 6.25. The highest BCUT2D eigenvalue weighted by atomic mass is 127. The summed E-state index contributed by atoms with van der Waals surface area (Å²) in [4.78, 5) is 4.76. The number of aromatic nitrogens is 1. The Morgan fingerprint density at radius 1 is 0.588 bits per heavy atom. The van der Waals surface area contributed by atoms with Crippen molar-refractivity contribution in [3.63, 3.8) is 0 Å². The molecule has 0 N–H and O–H groups in total. The third-order valence-electron chi connectivity index (χ3n) is 5.42. The van der Waals surface area contributed by atoms with Gasteiger partial charge in [0.2, 0.25) is 0 Å². The van der Waals surface area contributed by atoms with Crippen LogP contribution >= 0.6 is 22.6 Å². The average molecular weight is 565 g/mol. The van der Waals surface area contributed by atoms with Crippen LogP contribution in [0.25, 0.3) is 0 Å². The van der Waals surface area contributed by atoms with Gasteiger partial charge >= 0.3 is 0 Å².